The Labute approximate surface area is 222 Å². The van der Waals surface area contributed by atoms with Crippen molar-refractivity contribution in [1.82, 2.24) is 9.80 Å². The van der Waals surface area contributed by atoms with Gasteiger partial charge in [0.05, 0.1) is 30.8 Å². The van der Waals surface area contributed by atoms with Crippen LogP contribution in [0.15, 0.2) is 25.3 Å². The monoisotopic (exact) mass is 518 g/mol. The number of rotatable bonds is 15. The van der Waals surface area contributed by atoms with Crippen molar-refractivity contribution in [2.24, 2.45) is 17.8 Å². The van der Waals surface area contributed by atoms with Gasteiger partial charge in [0, 0.05) is 13.1 Å². The predicted octanol–water partition coefficient (Wildman–Crippen LogP) is 3.48. The standard InChI is InChI=1S/C29H46N2O6/c1-7-11-13-18-36-27(35)23-22-25(33)31(21(19-32)20(5)6)24(26(34)30(16-9-3)17-12-8-2)29(22)15-14-28(23,10-4)37-29/h7,9,20-24,32H,1,3,8,10-19H2,2,4-6H3/t21-,22-,23+,24?,28-,29?/m0/s1. The fourth-order valence-electron chi connectivity index (χ4n) is 6.73. The quantitative estimate of drug-likeness (QED) is 0.203. The molecule has 3 heterocycles. The Morgan fingerprint density at radius 1 is 1.24 bits per heavy atom. The second-order valence-electron chi connectivity index (χ2n) is 11.1. The number of likely N-dealkylation sites (tertiary alicyclic amines) is 1. The number of nitrogens with zero attached hydrogens (tertiary/aromatic N) is 2. The average molecular weight is 519 g/mol. The number of fused-ring (bicyclic) bond motifs is 1. The smallest absolute Gasteiger partial charge is 0.312 e. The van der Waals surface area contributed by atoms with Gasteiger partial charge in [0.2, 0.25) is 11.8 Å². The minimum atomic E-state index is -1.12. The molecule has 0 aromatic carbocycles. The SMILES string of the molecule is C=CCCCOC(=O)[C@H]1[C@H]2C(=O)N([C@@H](CO)C(C)C)C(C(=O)N(CC=C)CCCC)C23CC[C@]1(CC)O3. The molecule has 8 nitrogen and oxygen atoms in total. The maximum Gasteiger partial charge on any atom is 0.312 e. The van der Waals surface area contributed by atoms with Gasteiger partial charge in [-0.15, -0.1) is 13.2 Å². The molecular weight excluding hydrogens is 472 g/mol. The van der Waals surface area contributed by atoms with E-state index in [2.05, 4.69) is 20.1 Å². The van der Waals surface area contributed by atoms with Gasteiger partial charge in [-0.25, -0.2) is 0 Å². The number of aliphatic hydroxyl groups excluding tert-OH is 1. The number of allylic oxidation sites excluding steroid dienone is 1. The highest BCUT2D eigenvalue weighted by Crippen LogP contribution is 2.65. The summed E-state index contributed by atoms with van der Waals surface area (Å²) in [6.45, 7) is 16.3. The van der Waals surface area contributed by atoms with Crippen LogP contribution in [0, 0.1) is 17.8 Å². The molecule has 37 heavy (non-hydrogen) atoms. The van der Waals surface area contributed by atoms with Crippen LogP contribution in [0.1, 0.15) is 72.6 Å². The molecule has 6 atom stereocenters. The number of hydrogen-bond acceptors (Lipinski definition) is 6. The number of aliphatic hydroxyl groups is 1. The third-order valence-electron chi connectivity index (χ3n) is 8.66. The summed E-state index contributed by atoms with van der Waals surface area (Å²) in [7, 11) is 0. The Morgan fingerprint density at radius 2 is 1.97 bits per heavy atom. The summed E-state index contributed by atoms with van der Waals surface area (Å²) < 4.78 is 12.5. The fraction of sp³-hybridized carbons (Fsp3) is 0.759. The number of carbonyl (C=O) groups is 3. The molecule has 3 aliphatic rings. The number of ether oxygens (including phenoxy) is 2. The first-order valence-corrected chi connectivity index (χ1v) is 14.0. The van der Waals surface area contributed by atoms with Gasteiger partial charge in [-0.2, -0.15) is 0 Å². The van der Waals surface area contributed by atoms with Crippen molar-refractivity contribution < 1.29 is 29.0 Å². The van der Waals surface area contributed by atoms with Gasteiger partial charge in [0.1, 0.15) is 17.6 Å². The van der Waals surface area contributed by atoms with Gasteiger partial charge in [0.15, 0.2) is 0 Å². The lowest BCUT2D eigenvalue weighted by Gasteiger charge is -2.40. The van der Waals surface area contributed by atoms with E-state index in [9.17, 15) is 19.5 Å². The molecular formula is C29H46N2O6. The Hall–Kier alpha value is -2.19. The molecule has 2 bridgehead atoms. The predicted molar refractivity (Wildman–Crippen MR) is 141 cm³/mol. The second-order valence-corrected chi connectivity index (χ2v) is 11.1. The third-order valence-corrected chi connectivity index (χ3v) is 8.66. The summed E-state index contributed by atoms with van der Waals surface area (Å²) in [4.78, 5) is 45.4. The molecule has 0 saturated carbocycles. The van der Waals surface area contributed by atoms with Crippen molar-refractivity contribution in [1.29, 1.82) is 0 Å². The molecule has 0 radical (unpaired) electrons. The normalized spacial score (nSPS) is 30.9. The van der Waals surface area contributed by atoms with Crippen molar-refractivity contribution >= 4 is 17.8 Å². The maximum atomic E-state index is 14.3. The van der Waals surface area contributed by atoms with E-state index in [1.165, 1.54) is 0 Å². The van der Waals surface area contributed by atoms with Crippen LogP contribution in [0.25, 0.3) is 0 Å². The molecule has 0 aliphatic carbocycles. The minimum Gasteiger partial charge on any atom is -0.465 e. The van der Waals surface area contributed by atoms with Gasteiger partial charge in [-0.3, -0.25) is 14.4 Å². The van der Waals surface area contributed by atoms with E-state index in [0.29, 0.717) is 38.8 Å². The average Bonchev–Trinajstić information content (AvgIpc) is 3.48. The highest BCUT2D eigenvalue weighted by molar-refractivity contribution is 5.98. The fourth-order valence-corrected chi connectivity index (χ4v) is 6.73. The first kappa shape index (κ1) is 29.4. The van der Waals surface area contributed by atoms with Crippen LogP contribution in [-0.4, -0.2) is 82.3 Å². The van der Waals surface area contributed by atoms with E-state index < -0.39 is 41.1 Å². The van der Waals surface area contributed by atoms with E-state index in [0.717, 1.165) is 19.3 Å². The molecule has 3 fully saturated rings. The molecule has 3 aliphatic heterocycles. The number of esters is 1. The largest absolute Gasteiger partial charge is 0.465 e. The Bertz CT molecular complexity index is 874. The number of carbonyl (C=O) groups excluding carboxylic acids is 3. The van der Waals surface area contributed by atoms with Gasteiger partial charge in [0.25, 0.3) is 0 Å². The van der Waals surface area contributed by atoms with Crippen LogP contribution >= 0.6 is 0 Å². The molecule has 0 aromatic heterocycles. The Kier molecular flexibility index (Phi) is 9.62. The second kappa shape index (κ2) is 12.1. The van der Waals surface area contributed by atoms with Crippen LogP contribution in [0.2, 0.25) is 0 Å². The Morgan fingerprint density at radius 3 is 2.54 bits per heavy atom. The van der Waals surface area contributed by atoms with E-state index in [1.807, 2.05) is 20.8 Å². The third kappa shape index (κ3) is 4.99. The highest BCUT2D eigenvalue weighted by Gasteiger charge is 2.79. The summed E-state index contributed by atoms with van der Waals surface area (Å²) in [5.41, 5.74) is -1.96. The summed E-state index contributed by atoms with van der Waals surface area (Å²) in [5.74, 6) is -2.61. The van der Waals surface area contributed by atoms with Crippen molar-refractivity contribution in [2.75, 3.05) is 26.3 Å². The molecule has 8 heteroatoms. The van der Waals surface area contributed by atoms with Crippen LogP contribution < -0.4 is 0 Å². The van der Waals surface area contributed by atoms with Crippen molar-refractivity contribution in [3.05, 3.63) is 25.3 Å². The summed E-state index contributed by atoms with van der Waals surface area (Å²) >= 11 is 0. The van der Waals surface area contributed by atoms with Crippen LogP contribution in [0.4, 0.5) is 0 Å². The van der Waals surface area contributed by atoms with Gasteiger partial charge in [-0.1, -0.05) is 46.3 Å². The number of unbranched alkanes of at least 4 members (excludes halogenated alkanes) is 2. The van der Waals surface area contributed by atoms with Crippen molar-refractivity contribution in [3.8, 4) is 0 Å². The molecule has 2 unspecified atom stereocenters. The Balaban J connectivity index is 2.08. The minimum absolute atomic E-state index is 0.0930. The molecule has 0 aromatic rings. The zero-order valence-corrected chi connectivity index (χ0v) is 23.1. The number of hydrogen-bond donors (Lipinski definition) is 1. The summed E-state index contributed by atoms with van der Waals surface area (Å²) in [6.07, 6.45) is 8.24. The molecule has 1 N–H and O–H groups in total. The lowest BCUT2D eigenvalue weighted by atomic mass is 9.65. The topological polar surface area (TPSA) is 96.4 Å². The van der Waals surface area contributed by atoms with Crippen LogP contribution in [0.5, 0.6) is 0 Å². The lowest BCUT2D eigenvalue weighted by Crippen LogP contribution is -2.59. The van der Waals surface area contributed by atoms with E-state index in [1.54, 1.807) is 22.0 Å². The van der Waals surface area contributed by atoms with Crippen LogP contribution in [-0.2, 0) is 23.9 Å². The molecule has 2 amide bonds. The zero-order chi connectivity index (χ0) is 27.4. The highest BCUT2D eigenvalue weighted by atomic mass is 16.6. The van der Waals surface area contributed by atoms with E-state index in [-0.39, 0.29) is 30.9 Å². The molecule has 1 spiro atoms. The summed E-state index contributed by atoms with van der Waals surface area (Å²) in [6, 6.07) is -1.48. The van der Waals surface area contributed by atoms with Gasteiger partial charge >= 0.3 is 5.97 Å². The zero-order valence-electron chi connectivity index (χ0n) is 23.1. The van der Waals surface area contributed by atoms with E-state index in [4.69, 9.17) is 9.47 Å². The van der Waals surface area contributed by atoms with Gasteiger partial charge < -0.3 is 24.4 Å². The lowest BCUT2D eigenvalue weighted by molar-refractivity contribution is -0.164. The van der Waals surface area contributed by atoms with Crippen molar-refractivity contribution in [2.45, 2.75) is 95.9 Å². The van der Waals surface area contributed by atoms with E-state index >= 15 is 0 Å². The molecule has 3 saturated heterocycles. The van der Waals surface area contributed by atoms with Crippen LogP contribution in [0.3, 0.4) is 0 Å². The van der Waals surface area contributed by atoms with Crippen molar-refractivity contribution in [3.63, 3.8) is 0 Å². The first-order chi connectivity index (χ1) is 17.7. The summed E-state index contributed by atoms with van der Waals surface area (Å²) in [5, 5.41) is 10.4. The van der Waals surface area contributed by atoms with Gasteiger partial charge in [-0.05, 0) is 44.4 Å². The maximum absolute atomic E-state index is 14.3. The first-order valence-electron chi connectivity index (χ1n) is 14.0. The number of amides is 2. The molecule has 3 rings (SSSR count). The molecule has 208 valence electrons.